The van der Waals surface area contributed by atoms with E-state index >= 15 is 0 Å². The first-order chi connectivity index (χ1) is 16.0. The van der Waals surface area contributed by atoms with Crippen LogP contribution in [0.25, 0.3) is 0 Å². The molecule has 0 heterocycles. The van der Waals surface area contributed by atoms with Gasteiger partial charge in [0.2, 0.25) is 5.91 Å². The summed E-state index contributed by atoms with van der Waals surface area (Å²) >= 11 is 24.5. The molecule has 11 heteroatoms. The number of alkyl halides is 2. The fourth-order valence-corrected chi connectivity index (χ4v) is 4.88. The van der Waals surface area contributed by atoms with Crippen LogP contribution in [-0.4, -0.2) is 16.1 Å². The van der Waals surface area contributed by atoms with Crippen LogP contribution in [0.3, 0.4) is 0 Å². The molecule has 1 aliphatic carbocycles. The van der Waals surface area contributed by atoms with E-state index in [0.717, 1.165) is 24.3 Å². The third kappa shape index (κ3) is 4.84. The molecule has 0 spiro atoms. The van der Waals surface area contributed by atoms with Crippen molar-refractivity contribution >= 4 is 69.6 Å². The van der Waals surface area contributed by atoms with Gasteiger partial charge in [0, 0.05) is 16.6 Å². The first-order valence-corrected chi connectivity index (χ1v) is 11.2. The highest BCUT2D eigenvalue weighted by molar-refractivity contribution is 6.53. The first kappa shape index (κ1) is 24.7. The summed E-state index contributed by atoms with van der Waals surface area (Å²) in [5.74, 6) is -5.68. The highest BCUT2D eigenvalue weighted by atomic mass is 35.5. The van der Waals surface area contributed by atoms with Crippen molar-refractivity contribution in [1.29, 1.82) is 0 Å². The van der Waals surface area contributed by atoms with Crippen molar-refractivity contribution in [3.63, 3.8) is 0 Å². The fraction of sp³-hybridized carbons (Fsp3) is 0.130. The van der Waals surface area contributed by atoms with Crippen molar-refractivity contribution in [2.45, 2.75) is 10.3 Å². The quantitative estimate of drug-likeness (QED) is 0.332. The molecule has 0 bridgehead atoms. The number of carbonyl (C=O) groups is 2. The van der Waals surface area contributed by atoms with Crippen molar-refractivity contribution in [2.24, 2.45) is 5.92 Å². The maximum Gasteiger partial charge on any atom is 0.257 e. The molecule has 1 aliphatic rings. The highest BCUT2D eigenvalue weighted by Crippen LogP contribution is 2.65. The lowest BCUT2D eigenvalue weighted by molar-refractivity contribution is -0.117. The van der Waals surface area contributed by atoms with E-state index in [2.05, 4.69) is 10.6 Å². The monoisotopic (exact) mass is 546 g/mol. The number of carbonyl (C=O) groups excluding carboxylic acids is 2. The number of rotatable bonds is 5. The van der Waals surface area contributed by atoms with Crippen LogP contribution in [-0.2, 0) is 4.79 Å². The van der Waals surface area contributed by atoms with E-state index in [-0.39, 0.29) is 21.3 Å². The molecule has 3 aromatic carbocycles. The summed E-state index contributed by atoms with van der Waals surface area (Å²) < 4.78 is 40.0. The van der Waals surface area contributed by atoms with Gasteiger partial charge in [-0.25, -0.2) is 13.2 Å². The van der Waals surface area contributed by atoms with Crippen LogP contribution in [0, 0.1) is 23.4 Å². The molecule has 0 saturated heterocycles. The molecule has 0 unspecified atom stereocenters. The molecule has 176 valence electrons. The maximum atomic E-state index is 13.9. The third-order valence-electron chi connectivity index (χ3n) is 5.26. The molecule has 1 fully saturated rings. The lowest BCUT2D eigenvalue weighted by Gasteiger charge is -2.11. The van der Waals surface area contributed by atoms with Crippen LogP contribution in [0.15, 0.2) is 54.6 Å². The Balaban J connectivity index is 1.53. The number of benzene rings is 3. The number of nitrogens with one attached hydrogen (secondary N) is 2. The summed E-state index contributed by atoms with van der Waals surface area (Å²) in [6.45, 7) is 0. The van der Waals surface area contributed by atoms with Gasteiger partial charge in [-0.15, -0.1) is 23.2 Å². The molecule has 1 saturated carbocycles. The fourth-order valence-electron chi connectivity index (χ4n) is 3.62. The summed E-state index contributed by atoms with van der Waals surface area (Å²) in [5, 5.41) is 4.81. The Morgan fingerprint density at radius 2 is 1.56 bits per heavy atom. The largest absolute Gasteiger partial charge is 0.326 e. The van der Waals surface area contributed by atoms with Crippen molar-refractivity contribution in [3.05, 3.63) is 93.2 Å². The topological polar surface area (TPSA) is 58.2 Å². The van der Waals surface area contributed by atoms with E-state index in [9.17, 15) is 22.8 Å². The predicted molar refractivity (Wildman–Crippen MR) is 126 cm³/mol. The molecule has 4 rings (SSSR count). The zero-order valence-electron chi connectivity index (χ0n) is 16.8. The molecule has 4 nitrogen and oxygen atoms in total. The molecule has 2 amide bonds. The summed E-state index contributed by atoms with van der Waals surface area (Å²) in [6.07, 6.45) is 0. The number of hydrogen-bond acceptors (Lipinski definition) is 2. The zero-order chi connectivity index (χ0) is 24.8. The Morgan fingerprint density at radius 3 is 2.21 bits per heavy atom. The average Bonchev–Trinajstić information content (AvgIpc) is 3.33. The first-order valence-electron chi connectivity index (χ1n) is 9.68. The number of amides is 2. The SMILES string of the molecule is O=C(Nc1c(F)cccc1F)c1cc(NC(=O)[C@@H]2[C@@H](c3cc(F)cc(Cl)c3)C2(Cl)Cl)ccc1Cl. The van der Waals surface area contributed by atoms with Crippen molar-refractivity contribution in [1.82, 2.24) is 0 Å². The second kappa shape index (κ2) is 9.30. The summed E-state index contributed by atoms with van der Waals surface area (Å²) in [7, 11) is 0. The van der Waals surface area contributed by atoms with E-state index in [0.29, 0.717) is 5.56 Å². The second-order valence-electron chi connectivity index (χ2n) is 7.57. The van der Waals surface area contributed by atoms with E-state index in [4.69, 9.17) is 46.4 Å². The summed E-state index contributed by atoms with van der Waals surface area (Å²) in [5.41, 5.74) is -0.269. The molecular weight excluding hydrogens is 535 g/mol. The molecule has 0 radical (unpaired) electrons. The standard InChI is InChI=1S/C23H13Cl4F3N2O2/c24-11-6-10(7-12(28)8-11)18-19(23(18,26)27)22(34)31-13-4-5-15(25)14(9-13)21(33)32-20-16(29)2-1-3-17(20)30/h1-9,18-19H,(H,31,34)(H,32,33)/t18-,19+/m1/s1. The molecule has 0 aliphatic heterocycles. The molecule has 2 N–H and O–H groups in total. The van der Waals surface area contributed by atoms with Gasteiger partial charge in [-0.05, 0) is 54.1 Å². The molecule has 3 aromatic rings. The maximum absolute atomic E-state index is 13.9. The minimum atomic E-state index is -1.50. The highest BCUT2D eigenvalue weighted by Gasteiger charge is 2.67. The molecular formula is C23H13Cl4F3N2O2. The van der Waals surface area contributed by atoms with Crippen LogP contribution in [0.2, 0.25) is 10.0 Å². The average molecular weight is 548 g/mol. The molecule has 0 aromatic heterocycles. The van der Waals surface area contributed by atoms with E-state index in [1.807, 2.05) is 0 Å². The Morgan fingerprint density at radius 1 is 0.882 bits per heavy atom. The van der Waals surface area contributed by atoms with Crippen molar-refractivity contribution < 1.29 is 22.8 Å². The smallest absolute Gasteiger partial charge is 0.257 e. The second-order valence-corrected chi connectivity index (χ2v) is 9.86. The van der Waals surface area contributed by atoms with Gasteiger partial charge in [-0.3, -0.25) is 9.59 Å². The molecule has 34 heavy (non-hydrogen) atoms. The van der Waals surface area contributed by atoms with E-state index in [1.165, 1.54) is 30.3 Å². The van der Waals surface area contributed by atoms with Crippen LogP contribution < -0.4 is 10.6 Å². The van der Waals surface area contributed by atoms with Gasteiger partial charge < -0.3 is 10.6 Å². The van der Waals surface area contributed by atoms with Gasteiger partial charge in [-0.2, -0.15) is 0 Å². The summed E-state index contributed by atoms with van der Waals surface area (Å²) in [6, 6.07) is 10.9. The van der Waals surface area contributed by atoms with Crippen LogP contribution >= 0.6 is 46.4 Å². The number of hydrogen-bond donors (Lipinski definition) is 2. The van der Waals surface area contributed by atoms with Crippen molar-refractivity contribution in [2.75, 3.05) is 10.6 Å². The van der Waals surface area contributed by atoms with Crippen LogP contribution in [0.5, 0.6) is 0 Å². The van der Waals surface area contributed by atoms with Gasteiger partial charge in [0.1, 0.15) is 27.5 Å². The van der Waals surface area contributed by atoms with Crippen LogP contribution in [0.4, 0.5) is 24.5 Å². The van der Waals surface area contributed by atoms with Crippen LogP contribution in [0.1, 0.15) is 21.8 Å². The summed E-state index contributed by atoms with van der Waals surface area (Å²) in [4.78, 5) is 25.4. The van der Waals surface area contributed by atoms with Gasteiger partial charge >= 0.3 is 0 Å². The third-order valence-corrected chi connectivity index (χ3v) is 6.75. The Bertz CT molecular complexity index is 1280. The minimum Gasteiger partial charge on any atom is -0.326 e. The van der Waals surface area contributed by atoms with Gasteiger partial charge in [0.25, 0.3) is 5.91 Å². The van der Waals surface area contributed by atoms with Gasteiger partial charge in [0.05, 0.1) is 16.5 Å². The van der Waals surface area contributed by atoms with Crippen molar-refractivity contribution in [3.8, 4) is 0 Å². The lowest BCUT2D eigenvalue weighted by Crippen LogP contribution is -2.18. The van der Waals surface area contributed by atoms with E-state index < -0.39 is 51.1 Å². The van der Waals surface area contributed by atoms with E-state index in [1.54, 1.807) is 0 Å². The Kier molecular flexibility index (Phi) is 6.75. The predicted octanol–water partition coefficient (Wildman–Crippen LogP) is 7.19. The van der Waals surface area contributed by atoms with Gasteiger partial charge in [-0.1, -0.05) is 29.3 Å². The minimum absolute atomic E-state index is 0.0185. The zero-order valence-corrected chi connectivity index (χ0v) is 19.8. The Labute approximate surface area is 211 Å². The van der Waals surface area contributed by atoms with Gasteiger partial charge in [0.15, 0.2) is 0 Å². The number of anilines is 2. The number of halogens is 7. The normalized spacial score (nSPS) is 18.3. The molecule has 2 atom stereocenters. The lowest BCUT2D eigenvalue weighted by atomic mass is 10.1. The number of para-hydroxylation sites is 1. The Hall–Kier alpha value is -2.45.